The normalized spacial score (nSPS) is 13.0. The molecule has 0 aliphatic carbocycles. The molecule has 1 aromatic carbocycles. The highest BCUT2D eigenvalue weighted by molar-refractivity contribution is 6.31. The van der Waals surface area contributed by atoms with Crippen LogP contribution in [0.3, 0.4) is 0 Å². The van der Waals surface area contributed by atoms with Crippen molar-refractivity contribution in [1.29, 1.82) is 0 Å². The molecule has 3 rings (SSSR count). The van der Waals surface area contributed by atoms with Crippen LogP contribution in [0.1, 0.15) is 24.5 Å². The summed E-state index contributed by atoms with van der Waals surface area (Å²) in [5.41, 5.74) is 7.09. The maximum atomic E-state index is 13.7. The van der Waals surface area contributed by atoms with E-state index in [1.807, 2.05) is 26.0 Å². The lowest BCUT2D eigenvalue weighted by Gasteiger charge is -2.13. The second-order valence-electron chi connectivity index (χ2n) is 4.72. The first-order valence-electron chi connectivity index (χ1n) is 6.16. The Balaban J connectivity index is 2.20. The van der Waals surface area contributed by atoms with Gasteiger partial charge in [0.2, 0.25) is 5.95 Å². The Labute approximate surface area is 120 Å². The SMILES string of the molecule is Cc1ccc(C(C)n2c(N)nc3cc(Cl)c(F)cc32)o1. The van der Waals surface area contributed by atoms with Gasteiger partial charge < -0.3 is 10.2 Å². The Bertz CT molecular complexity index is 793. The molecule has 1 unspecified atom stereocenters. The fraction of sp³-hybridized carbons (Fsp3) is 0.214. The third kappa shape index (κ3) is 1.94. The van der Waals surface area contributed by atoms with Crippen molar-refractivity contribution in [3.8, 4) is 0 Å². The number of anilines is 1. The van der Waals surface area contributed by atoms with Crippen molar-refractivity contribution in [2.24, 2.45) is 0 Å². The predicted octanol–water partition coefficient (Wildman–Crippen LogP) is 3.92. The van der Waals surface area contributed by atoms with Crippen LogP contribution < -0.4 is 5.73 Å². The monoisotopic (exact) mass is 293 g/mol. The number of halogens is 2. The molecule has 6 heteroatoms. The number of nitrogens with two attached hydrogens (primary N) is 1. The van der Waals surface area contributed by atoms with Gasteiger partial charge in [0.05, 0.1) is 22.1 Å². The molecular weight excluding hydrogens is 281 g/mol. The van der Waals surface area contributed by atoms with Crippen molar-refractivity contribution in [1.82, 2.24) is 9.55 Å². The summed E-state index contributed by atoms with van der Waals surface area (Å²) in [5.74, 6) is 1.35. The average Bonchev–Trinajstić information content (AvgIpc) is 2.93. The second-order valence-corrected chi connectivity index (χ2v) is 5.13. The van der Waals surface area contributed by atoms with Crippen LogP contribution in [0.4, 0.5) is 10.3 Å². The van der Waals surface area contributed by atoms with E-state index in [-0.39, 0.29) is 11.1 Å². The molecule has 0 saturated carbocycles. The van der Waals surface area contributed by atoms with Crippen LogP contribution in [-0.4, -0.2) is 9.55 Å². The fourth-order valence-electron chi connectivity index (χ4n) is 2.32. The minimum Gasteiger partial charge on any atom is -0.464 e. The minimum atomic E-state index is -0.497. The number of furan rings is 1. The molecule has 0 saturated heterocycles. The first-order chi connectivity index (χ1) is 9.47. The molecule has 0 amide bonds. The van der Waals surface area contributed by atoms with Crippen LogP contribution in [0.2, 0.25) is 5.02 Å². The number of nitrogens with zero attached hydrogens (tertiary/aromatic N) is 2. The molecular formula is C14H13ClFN3O. The van der Waals surface area contributed by atoms with E-state index in [4.69, 9.17) is 21.8 Å². The van der Waals surface area contributed by atoms with E-state index >= 15 is 0 Å². The van der Waals surface area contributed by atoms with E-state index < -0.39 is 5.82 Å². The molecule has 2 aromatic heterocycles. The lowest BCUT2D eigenvalue weighted by Crippen LogP contribution is -2.09. The Kier molecular flexibility index (Phi) is 2.94. The highest BCUT2D eigenvalue weighted by atomic mass is 35.5. The molecule has 0 aliphatic rings. The van der Waals surface area contributed by atoms with Crippen molar-refractivity contribution in [3.05, 3.63) is 46.6 Å². The van der Waals surface area contributed by atoms with Crippen molar-refractivity contribution >= 4 is 28.6 Å². The Morgan fingerprint density at radius 3 is 2.80 bits per heavy atom. The molecule has 4 nitrogen and oxygen atoms in total. The molecule has 3 aromatic rings. The number of nitrogen functional groups attached to an aromatic ring is 1. The summed E-state index contributed by atoms with van der Waals surface area (Å²) in [6, 6.07) is 6.37. The molecule has 0 bridgehead atoms. The summed E-state index contributed by atoms with van der Waals surface area (Å²) in [5, 5.41) is 0.0312. The van der Waals surface area contributed by atoms with E-state index in [1.54, 1.807) is 4.57 Å². The number of aryl methyl sites for hydroxylation is 1. The van der Waals surface area contributed by atoms with E-state index in [9.17, 15) is 4.39 Å². The topological polar surface area (TPSA) is 57.0 Å². The van der Waals surface area contributed by atoms with Crippen molar-refractivity contribution < 1.29 is 8.81 Å². The molecule has 20 heavy (non-hydrogen) atoms. The first kappa shape index (κ1) is 13.0. The van der Waals surface area contributed by atoms with Crippen LogP contribution in [0.15, 0.2) is 28.7 Å². The largest absolute Gasteiger partial charge is 0.464 e. The smallest absolute Gasteiger partial charge is 0.201 e. The van der Waals surface area contributed by atoms with Crippen LogP contribution in [0.25, 0.3) is 11.0 Å². The van der Waals surface area contributed by atoms with Gasteiger partial charge in [0, 0.05) is 6.07 Å². The van der Waals surface area contributed by atoms with Gasteiger partial charge in [0.15, 0.2) is 0 Å². The van der Waals surface area contributed by atoms with Crippen molar-refractivity contribution in [2.45, 2.75) is 19.9 Å². The Morgan fingerprint density at radius 1 is 1.40 bits per heavy atom. The zero-order valence-electron chi connectivity index (χ0n) is 11.0. The number of fused-ring (bicyclic) bond motifs is 1. The van der Waals surface area contributed by atoms with Gasteiger partial charge in [0.25, 0.3) is 0 Å². The van der Waals surface area contributed by atoms with Crippen molar-refractivity contribution in [3.63, 3.8) is 0 Å². The zero-order valence-corrected chi connectivity index (χ0v) is 11.8. The number of rotatable bonds is 2. The standard InChI is InChI=1S/C14H13ClFN3O/c1-7-3-4-13(20-7)8(2)19-12-6-10(16)9(15)5-11(12)18-14(19)17/h3-6,8H,1-2H3,(H2,17,18). The number of hydrogen-bond acceptors (Lipinski definition) is 3. The third-order valence-electron chi connectivity index (χ3n) is 3.32. The van der Waals surface area contributed by atoms with Gasteiger partial charge in [-0.25, -0.2) is 9.37 Å². The average molecular weight is 294 g/mol. The Morgan fingerprint density at radius 2 is 2.15 bits per heavy atom. The third-order valence-corrected chi connectivity index (χ3v) is 3.61. The molecule has 0 spiro atoms. The first-order valence-corrected chi connectivity index (χ1v) is 6.54. The number of benzene rings is 1. The van der Waals surface area contributed by atoms with Gasteiger partial charge in [-0.05, 0) is 32.0 Å². The number of aromatic nitrogens is 2. The van der Waals surface area contributed by atoms with Crippen LogP contribution >= 0.6 is 11.6 Å². The van der Waals surface area contributed by atoms with Gasteiger partial charge in [-0.3, -0.25) is 4.57 Å². The highest BCUT2D eigenvalue weighted by Gasteiger charge is 2.19. The lowest BCUT2D eigenvalue weighted by atomic mass is 10.2. The van der Waals surface area contributed by atoms with E-state index in [1.165, 1.54) is 12.1 Å². The second kappa shape index (κ2) is 4.52. The fourth-order valence-corrected chi connectivity index (χ4v) is 2.48. The summed E-state index contributed by atoms with van der Waals surface area (Å²) in [6.45, 7) is 3.79. The Hall–Kier alpha value is -2.01. The zero-order chi connectivity index (χ0) is 14.4. The number of hydrogen-bond donors (Lipinski definition) is 1. The molecule has 0 radical (unpaired) electrons. The summed E-state index contributed by atoms with van der Waals surface area (Å²) >= 11 is 5.77. The summed E-state index contributed by atoms with van der Waals surface area (Å²) in [7, 11) is 0. The van der Waals surface area contributed by atoms with Gasteiger partial charge in [-0.15, -0.1) is 0 Å². The van der Waals surface area contributed by atoms with E-state index in [0.717, 1.165) is 11.5 Å². The molecule has 0 aliphatic heterocycles. The summed E-state index contributed by atoms with van der Waals surface area (Å²) < 4.78 is 21.0. The van der Waals surface area contributed by atoms with E-state index in [0.29, 0.717) is 17.0 Å². The maximum Gasteiger partial charge on any atom is 0.201 e. The van der Waals surface area contributed by atoms with E-state index in [2.05, 4.69) is 4.98 Å². The van der Waals surface area contributed by atoms with Crippen LogP contribution in [0.5, 0.6) is 0 Å². The van der Waals surface area contributed by atoms with Crippen molar-refractivity contribution in [2.75, 3.05) is 5.73 Å². The lowest BCUT2D eigenvalue weighted by molar-refractivity contribution is 0.435. The molecule has 0 fully saturated rings. The summed E-state index contributed by atoms with van der Waals surface area (Å²) in [6.07, 6.45) is 0. The maximum absolute atomic E-state index is 13.7. The molecule has 1 atom stereocenters. The van der Waals surface area contributed by atoms with Gasteiger partial charge in [-0.1, -0.05) is 11.6 Å². The predicted molar refractivity (Wildman–Crippen MR) is 76.4 cm³/mol. The summed E-state index contributed by atoms with van der Waals surface area (Å²) in [4.78, 5) is 4.22. The van der Waals surface area contributed by atoms with Crippen LogP contribution in [-0.2, 0) is 0 Å². The number of imidazole rings is 1. The molecule has 104 valence electrons. The van der Waals surface area contributed by atoms with Gasteiger partial charge in [0.1, 0.15) is 17.3 Å². The molecule has 2 heterocycles. The quantitative estimate of drug-likeness (QED) is 0.779. The van der Waals surface area contributed by atoms with Crippen LogP contribution in [0, 0.1) is 12.7 Å². The highest BCUT2D eigenvalue weighted by Crippen LogP contribution is 2.30. The van der Waals surface area contributed by atoms with Gasteiger partial charge >= 0.3 is 0 Å². The molecule has 2 N–H and O–H groups in total. The van der Waals surface area contributed by atoms with Gasteiger partial charge in [-0.2, -0.15) is 0 Å². The minimum absolute atomic E-state index is 0.0312.